The fourth-order valence-corrected chi connectivity index (χ4v) is 5.45. The Morgan fingerprint density at radius 2 is 1.63 bits per heavy atom. The Kier molecular flexibility index (Phi) is 6.99. The van der Waals surface area contributed by atoms with Crippen LogP contribution in [0.2, 0.25) is 0 Å². The number of piperidine rings is 1. The van der Waals surface area contributed by atoms with Gasteiger partial charge in [-0.3, -0.25) is 9.59 Å². The van der Waals surface area contributed by atoms with E-state index in [-0.39, 0.29) is 16.1 Å². The molecule has 1 saturated heterocycles. The number of sulfonamides is 1. The van der Waals surface area contributed by atoms with E-state index in [9.17, 15) is 22.8 Å². The van der Waals surface area contributed by atoms with Crippen molar-refractivity contribution in [2.45, 2.75) is 37.2 Å². The first-order valence-electron chi connectivity index (χ1n) is 11.3. The van der Waals surface area contributed by atoms with Crippen LogP contribution in [0.1, 0.15) is 36.7 Å². The van der Waals surface area contributed by atoms with Gasteiger partial charge in [-0.1, -0.05) is 24.6 Å². The van der Waals surface area contributed by atoms with Crippen LogP contribution in [0.4, 0.5) is 5.69 Å². The van der Waals surface area contributed by atoms with Gasteiger partial charge in [0.15, 0.2) is 11.8 Å². The quantitative estimate of drug-likeness (QED) is 0.517. The molecule has 0 aliphatic carbocycles. The average molecular weight is 499 g/mol. The summed E-state index contributed by atoms with van der Waals surface area (Å²) < 4.78 is 33.4. The molecule has 0 unspecified atom stereocenters. The van der Waals surface area contributed by atoms with Crippen LogP contribution < -0.4 is 10.9 Å². The van der Waals surface area contributed by atoms with Crippen LogP contribution in [0.3, 0.4) is 0 Å². The molecule has 1 aliphatic rings. The molecule has 1 N–H and O–H groups in total. The minimum atomic E-state index is -3.57. The van der Waals surface area contributed by atoms with E-state index in [4.69, 9.17) is 4.74 Å². The summed E-state index contributed by atoms with van der Waals surface area (Å²) in [4.78, 5) is 37.8. The van der Waals surface area contributed by atoms with Gasteiger partial charge in [-0.25, -0.2) is 17.9 Å². The smallest absolute Gasteiger partial charge is 0.360 e. The van der Waals surface area contributed by atoms with Crippen LogP contribution in [-0.2, 0) is 26.6 Å². The maximum absolute atomic E-state index is 12.8. The average Bonchev–Trinajstić information content (AvgIpc) is 2.87. The minimum absolute atomic E-state index is 0.0744. The van der Waals surface area contributed by atoms with E-state index in [1.165, 1.54) is 42.5 Å². The molecule has 2 heterocycles. The molecule has 0 bridgehead atoms. The van der Waals surface area contributed by atoms with Crippen molar-refractivity contribution in [3.8, 4) is 0 Å². The SMILES string of the molecule is C[C@@H](OC(=O)c1nn(C)c(=O)c2ccccc12)C(=O)Nc1ccc(S(=O)(=O)N2CCCCC2)cc1. The molecule has 184 valence electrons. The molecule has 4 rings (SSSR count). The highest BCUT2D eigenvalue weighted by Crippen LogP contribution is 2.22. The van der Waals surface area contributed by atoms with Crippen molar-refractivity contribution in [1.82, 2.24) is 14.1 Å². The molecule has 1 aromatic heterocycles. The Morgan fingerprint density at radius 3 is 2.29 bits per heavy atom. The van der Waals surface area contributed by atoms with Crippen molar-refractivity contribution < 1.29 is 22.7 Å². The zero-order valence-electron chi connectivity index (χ0n) is 19.4. The van der Waals surface area contributed by atoms with Crippen molar-refractivity contribution >= 4 is 38.4 Å². The number of aryl methyl sites for hydroxylation is 1. The van der Waals surface area contributed by atoms with Gasteiger partial charge in [0.2, 0.25) is 10.0 Å². The molecule has 3 aromatic rings. The maximum Gasteiger partial charge on any atom is 0.360 e. The topological polar surface area (TPSA) is 128 Å². The molecule has 10 nitrogen and oxygen atoms in total. The zero-order valence-corrected chi connectivity index (χ0v) is 20.2. The third-order valence-corrected chi connectivity index (χ3v) is 7.79. The largest absolute Gasteiger partial charge is 0.448 e. The predicted molar refractivity (Wildman–Crippen MR) is 130 cm³/mol. The third-order valence-electron chi connectivity index (χ3n) is 5.88. The predicted octanol–water partition coefficient (Wildman–Crippen LogP) is 2.29. The third kappa shape index (κ3) is 5.10. The Bertz CT molecular complexity index is 1430. The number of esters is 1. The van der Waals surface area contributed by atoms with Gasteiger partial charge in [0.25, 0.3) is 11.5 Å². The van der Waals surface area contributed by atoms with Gasteiger partial charge >= 0.3 is 5.97 Å². The van der Waals surface area contributed by atoms with Crippen molar-refractivity contribution in [2.24, 2.45) is 7.05 Å². The highest BCUT2D eigenvalue weighted by atomic mass is 32.2. The summed E-state index contributed by atoms with van der Waals surface area (Å²) in [6.45, 7) is 2.42. The molecule has 1 fully saturated rings. The lowest BCUT2D eigenvalue weighted by Gasteiger charge is -2.25. The highest BCUT2D eigenvalue weighted by molar-refractivity contribution is 7.89. The van der Waals surface area contributed by atoms with Crippen LogP contribution in [0.25, 0.3) is 10.8 Å². The molecule has 0 radical (unpaired) electrons. The number of carbonyl (C=O) groups is 2. The fourth-order valence-electron chi connectivity index (χ4n) is 3.93. The van der Waals surface area contributed by atoms with Gasteiger partial charge in [0, 0.05) is 31.2 Å². The second-order valence-corrected chi connectivity index (χ2v) is 10.3. The van der Waals surface area contributed by atoms with E-state index in [1.807, 2.05) is 0 Å². The van der Waals surface area contributed by atoms with Gasteiger partial charge < -0.3 is 10.1 Å². The van der Waals surface area contributed by atoms with Crippen molar-refractivity contribution in [1.29, 1.82) is 0 Å². The number of hydrogen-bond acceptors (Lipinski definition) is 7. The molecule has 1 amide bonds. The van der Waals surface area contributed by atoms with Gasteiger partial charge in [-0.05, 0) is 50.1 Å². The Hall–Kier alpha value is -3.57. The minimum Gasteiger partial charge on any atom is -0.448 e. The highest BCUT2D eigenvalue weighted by Gasteiger charge is 2.26. The number of benzene rings is 2. The monoisotopic (exact) mass is 498 g/mol. The number of fused-ring (bicyclic) bond motifs is 1. The Balaban J connectivity index is 1.44. The summed E-state index contributed by atoms with van der Waals surface area (Å²) in [7, 11) is -2.15. The molecule has 2 aromatic carbocycles. The number of amides is 1. The number of rotatable bonds is 6. The molecule has 1 aliphatic heterocycles. The van der Waals surface area contributed by atoms with Gasteiger partial charge in [-0.15, -0.1) is 0 Å². The maximum atomic E-state index is 12.8. The lowest BCUT2D eigenvalue weighted by Crippen LogP contribution is -2.35. The molecule has 1 atom stereocenters. The molecular weight excluding hydrogens is 472 g/mol. The Morgan fingerprint density at radius 1 is 1.00 bits per heavy atom. The van der Waals surface area contributed by atoms with Crippen LogP contribution >= 0.6 is 0 Å². The fraction of sp³-hybridized carbons (Fsp3) is 0.333. The number of hydrogen-bond donors (Lipinski definition) is 1. The number of anilines is 1. The van der Waals surface area contributed by atoms with Crippen molar-refractivity contribution in [3.05, 3.63) is 64.6 Å². The first-order chi connectivity index (χ1) is 16.7. The number of nitrogens with one attached hydrogen (secondary N) is 1. The first-order valence-corrected chi connectivity index (χ1v) is 12.7. The molecule has 0 saturated carbocycles. The number of ether oxygens (including phenoxy) is 1. The van der Waals surface area contributed by atoms with E-state index in [0.717, 1.165) is 23.9 Å². The summed E-state index contributed by atoms with van der Waals surface area (Å²) in [6.07, 6.45) is 1.54. The van der Waals surface area contributed by atoms with E-state index < -0.39 is 28.0 Å². The summed E-state index contributed by atoms with van der Waals surface area (Å²) in [5.74, 6) is -1.44. The number of carbonyl (C=O) groups excluding carboxylic acids is 2. The molecule has 35 heavy (non-hydrogen) atoms. The summed E-state index contributed by atoms with van der Waals surface area (Å²) in [6, 6.07) is 12.4. The van der Waals surface area contributed by atoms with Crippen LogP contribution in [0.15, 0.2) is 58.2 Å². The second kappa shape index (κ2) is 9.96. The van der Waals surface area contributed by atoms with E-state index in [2.05, 4.69) is 10.4 Å². The van der Waals surface area contributed by atoms with Gasteiger partial charge in [-0.2, -0.15) is 9.40 Å². The normalized spacial score (nSPS) is 15.5. The summed E-state index contributed by atoms with van der Waals surface area (Å²) in [5.41, 5.74) is -0.0653. The van der Waals surface area contributed by atoms with E-state index in [1.54, 1.807) is 24.3 Å². The number of aromatic nitrogens is 2. The summed E-state index contributed by atoms with van der Waals surface area (Å²) >= 11 is 0. The molecule has 11 heteroatoms. The Labute approximate surface area is 202 Å². The first kappa shape index (κ1) is 24.6. The van der Waals surface area contributed by atoms with Crippen LogP contribution in [0, 0.1) is 0 Å². The van der Waals surface area contributed by atoms with Crippen LogP contribution in [0.5, 0.6) is 0 Å². The van der Waals surface area contributed by atoms with Gasteiger partial charge in [0.1, 0.15) is 0 Å². The zero-order chi connectivity index (χ0) is 25.2. The lowest BCUT2D eigenvalue weighted by atomic mass is 10.1. The van der Waals surface area contributed by atoms with Crippen molar-refractivity contribution in [3.63, 3.8) is 0 Å². The van der Waals surface area contributed by atoms with Crippen LogP contribution in [-0.4, -0.2) is 53.6 Å². The molecular formula is C24H26N4O6S. The standard InChI is InChI=1S/C24H26N4O6S/c1-16(34-24(31)21-19-8-4-5-9-20(19)23(30)27(2)26-21)22(29)25-17-10-12-18(13-11-17)35(32,33)28-14-6-3-7-15-28/h4-5,8-13,16H,3,6-7,14-15H2,1-2H3,(H,25,29)/t16-/m1/s1. The lowest BCUT2D eigenvalue weighted by molar-refractivity contribution is -0.123. The van der Waals surface area contributed by atoms with E-state index in [0.29, 0.717) is 29.5 Å². The van der Waals surface area contributed by atoms with Crippen molar-refractivity contribution in [2.75, 3.05) is 18.4 Å². The second-order valence-electron chi connectivity index (χ2n) is 8.35. The number of nitrogens with zero attached hydrogens (tertiary/aromatic N) is 3. The molecule has 0 spiro atoms. The van der Waals surface area contributed by atoms with E-state index >= 15 is 0 Å². The summed E-state index contributed by atoms with van der Waals surface area (Å²) in [5, 5.41) is 7.27. The van der Waals surface area contributed by atoms with Gasteiger partial charge in [0.05, 0.1) is 10.3 Å².